The lowest BCUT2D eigenvalue weighted by Gasteiger charge is -2.15. The minimum atomic E-state index is -4.33. The van der Waals surface area contributed by atoms with Crippen molar-refractivity contribution in [1.29, 1.82) is 0 Å². The molecular formula is C13H16F5NO2. The molecule has 0 radical (unpaired) electrons. The van der Waals surface area contributed by atoms with Crippen LogP contribution < -0.4 is 10.1 Å². The van der Waals surface area contributed by atoms with Crippen LogP contribution in [0.1, 0.15) is 18.5 Å². The molecule has 0 fully saturated rings. The molecule has 0 aliphatic carbocycles. The number of hydrogen-bond donors (Lipinski definition) is 1. The molecule has 1 aromatic carbocycles. The van der Waals surface area contributed by atoms with Gasteiger partial charge in [-0.2, -0.15) is 22.0 Å². The number of hydrogen-bond acceptors (Lipinski definition) is 3. The van der Waals surface area contributed by atoms with Crippen LogP contribution in [0.15, 0.2) is 24.3 Å². The maximum Gasteiger partial charge on any atom is 0.411 e. The van der Waals surface area contributed by atoms with Gasteiger partial charge in [-0.05, 0) is 24.6 Å². The van der Waals surface area contributed by atoms with E-state index in [1.54, 1.807) is 19.1 Å². The highest BCUT2D eigenvalue weighted by molar-refractivity contribution is 5.28. The largest absolute Gasteiger partial charge is 0.435 e. The van der Waals surface area contributed by atoms with Gasteiger partial charge < -0.3 is 14.8 Å². The summed E-state index contributed by atoms with van der Waals surface area (Å²) >= 11 is 0. The van der Waals surface area contributed by atoms with Gasteiger partial charge in [0.2, 0.25) is 0 Å². The molecule has 0 amide bonds. The lowest BCUT2D eigenvalue weighted by atomic mass is 10.1. The van der Waals surface area contributed by atoms with Gasteiger partial charge in [-0.1, -0.05) is 12.1 Å². The third-order valence-electron chi connectivity index (χ3n) is 2.57. The van der Waals surface area contributed by atoms with E-state index in [0.717, 1.165) is 5.56 Å². The Kier molecular flexibility index (Phi) is 6.83. The number of rotatable bonds is 8. The van der Waals surface area contributed by atoms with Crippen molar-refractivity contribution >= 4 is 0 Å². The van der Waals surface area contributed by atoms with Crippen molar-refractivity contribution in [3.8, 4) is 5.75 Å². The molecule has 0 aromatic heterocycles. The van der Waals surface area contributed by atoms with Crippen LogP contribution in [-0.4, -0.2) is 32.5 Å². The highest BCUT2D eigenvalue weighted by atomic mass is 19.4. The summed E-state index contributed by atoms with van der Waals surface area (Å²) in [6, 6.07) is 5.86. The molecule has 120 valence electrons. The third kappa shape index (κ3) is 7.81. The standard InChI is InChI=1S/C13H16F5NO2/c1-9(19-6-7-20-8-13(16,17)18)10-2-4-11(5-3-10)21-12(14)15/h2-5,9,12,19H,6-8H2,1H3. The van der Waals surface area contributed by atoms with Crippen LogP contribution in [0.2, 0.25) is 0 Å². The first-order valence-electron chi connectivity index (χ1n) is 6.20. The summed E-state index contributed by atoms with van der Waals surface area (Å²) in [6.07, 6.45) is -4.33. The Morgan fingerprint density at radius 3 is 2.29 bits per heavy atom. The van der Waals surface area contributed by atoms with Gasteiger partial charge in [0.15, 0.2) is 0 Å². The molecule has 0 heterocycles. The molecule has 1 aromatic rings. The van der Waals surface area contributed by atoms with Gasteiger partial charge in [-0.15, -0.1) is 0 Å². The number of nitrogens with one attached hydrogen (secondary N) is 1. The molecule has 1 atom stereocenters. The smallest absolute Gasteiger partial charge is 0.411 e. The molecular weight excluding hydrogens is 297 g/mol. The van der Waals surface area contributed by atoms with E-state index in [1.807, 2.05) is 0 Å². The topological polar surface area (TPSA) is 30.5 Å². The predicted molar refractivity (Wildman–Crippen MR) is 66.4 cm³/mol. The van der Waals surface area contributed by atoms with Crippen LogP contribution in [0, 0.1) is 0 Å². The zero-order valence-corrected chi connectivity index (χ0v) is 11.3. The van der Waals surface area contributed by atoms with Gasteiger partial charge in [0.25, 0.3) is 0 Å². The van der Waals surface area contributed by atoms with Crippen LogP contribution >= 0.6 is 0 Å². The van der Waals surface area contributed by atoms with Gasteiger partial charge >= 0.3 is 12.8 Å². The minimum Gasteiger partial charge on any atom is -0.435 e. The quantitative estimate of drug-likeness (QED) is 0.588. The monoisotopic (exact) mass is 313 g/mol. The van der Waals surface area contributed by atoms with Gasteiger partial charge in [-0.25, -0.2) is 0 Å². The molecule has 21 heavy (non-hydrogen) atoms. The summed E-state index contributed by atoms with van der Waals surface area (Å²) in [5.41, 5.74) is 0.799. The zero-order valence-electron chi connectivity index (χ0n) is 11.3. The van der Waals surface area contributed by atoms with E-state index in [9.17, 15) is 22.0 Å². The highest BCUT2D eigenvalue weighted by Crippen LogP contribution is 2.19. The van der Waals surface area contributed by atoms with Crippen LogP contribution in [0.4, 0.5) is 22.0 Å². The third-order valence-corrected chi connectivity index (χ3v) is 2.57. The molecule has 0 saturated carbocycles. The Hall–Kier alpha value is -1.41. The van der Waals surface area contributed by atoms with Crippen LogP contribution in [-0.2, 0) is 4.74 Å². The fourth-order valence-corrected chi connectivity index (χ4v) is 1.59. The molecule has 3 nitrogen and oxygen atoms in total. The van der Waals surface area contributed by atoms with Gasteiger partial charge in [0.1, 0.15) is 12.4 Å². The van der Waals surface area contributed by atoms with Gasteiger partial charge in [0.05, 0.1) is 6.61 Å². The van der Waals surface area contributed by atoms with E-state index >= 15 is 0 Å². The lowest BCUT2D eigenvalue weighted by molar-refractivity contribution is -0.173. The molecule has 1 N–H and O–H groups in total. The van der Waals surface area contributed by atoms with Crippen molar-refractivity contribution < 1.29 is 31.4 Å². The summed E-state index contributed by atoms with van der Waals surface area (Å²) in [7, 11) is 0. The number of ether oxygens (including phenoxy) is 2. The summed E-state index contributed by atoms with van der Waals surface area (Å²) in [5.74, 6) is 0.0504. The fourth-order valence-electron chi connectivity index (χ4n) is 1.59. The summed E-state index contributed by atoms with van der Waals surface area (Å²) in [4.78, 5) is 0. The Morgan fingerprint density at radius 2 is 1.76 bits per heavy atom. The maximum atomic E-state index is 12.0. The molecule has 8 heteroatoms. The molecule has 1 unspecified atom stereocenters. The molecule has 0 spiro atoms. The Balaban J connectivity index is 2.30. The predicted octanol–water partition coefficient (Wildman–Crippen LogP) is 3.52. The average molecular weight is 313 g/mol. The van der Waals surface area contributed by atoms with Crippen molar-refractivity contribution in [1.82, 2.24) is 5.32 Å². The second kappa shape index (κ2) is 8.14. The van der Waals surface area contributed by atoms with Crippen LogP contribution in [0.3, 0.4) is 0 Å². The Morgan fingerprint density at radius 1 is 1.14 bits per heavy atom. The molecule has 0 bridgehead atoms. The highest BCUT2D eigenvalue weighted by Gasteiger charge is 2.27. The van der Waals surface area contributed by atoms with Crippen molar-refractivity contribution in [2.75, 3.05) is 19.8 Å². The number of alkyl halides is 5. The molecule has 0 aliphatic heterocycles. The van der Waals surface area contributed by atoms with E-state index in [0.29, 0.717) is 0 Å². The number of benzene rings is 1. The Labute approximate surface area is 119 Å². The number of halogens is 5. The SMILES string of the molecule is CC(NCCOCC(F)(F)F)c1ccc(OC(F)F)cc1. The molecule has 0 saturated heterocycles. The minimum absolute atomic E-state index is 0.0504. The second-order valence-electron chi connectivity index (χ2n) is 4.29. The molecule has 0 aliphatic rings. The van der Waals surface area contributed by atoms with Crippen molar-refractivity contribution in [3.63, 3.8) is 0 Å². The van der Waals surface area contributed by atoms with E-state index in [4.69, 9.17) is 0 Å². The van der Waals surface area contributed by atoms with E-state index < -0.39 is 19.4 Å². The summed E-state index contributed by atoms with van der Waals surface area (Å²) < 4.78 is 68.1. The maximum absolute atomic E-state index is 12.0. The fraction of sp³-hybridized carbons (Fsp3) is 0.538. The zero-order chi connectivity index (χ0) is 15.9. The van der Waals surface area contributed by atoms with E-state index in [-0.39, 0.29) is 24.9 Å². The van der Waals surface area contributed by atoms with Crippen LogP contribution in [0.25, 0.3) is 0 Å². The lowest BCUT2D eigenvalue weighted by Crippen LogP contribution is -2.25. The van der Waals surface area contributed by atoms with Crippen molar-refractivity contribution in [3.05, 3.63) is 29.8 Å². The van der Waals surface area contributed by atoms with Crippen molar-refractivity contribution in [2.45, 2.75) is 25.8 Å². The first kappa shape index (κ1) is 17.6. The molecule has 1 rings (SSSR count). The first-order chi connectivity index (χ1) is 9.78. The Bertz CT molecular complexity index is 408. The van der Waals surface area contributed by atoms with E-state index in [2.05, 4.69) is 14.8 Å². The van der Waals surface area contributed by atoms with Crippen molar-refractivity contribution in [2.24, 2.45) is 0 Å². The van der Waals surface area contributed by atoms with Crippen LogP contribution in [0.5, 0.6) is 5.75 Å². The van der Waals surface area contributed by atoms with Gasteiger partial charge in [0, 0.05) is 12.6 Å². The normalized spacial score (nSPS) is 13.5. The summed E-state index contributed by atoms with van der Waals surface area (Å²) in [6.45, 7) is -2.18. The summed E-state index contributed by atoms with van der Waals surface area (Å²) in [5, 5.41) is 2.96. The first-order valence-corrected chi connectivity index (χ1v) is 6.20. The second-order valence-corrected chi connectivity index (χ2v) is 4.29. The average Bonchev–Trinajstić information content (AvgIpc) is 2.37. The van der Waals surface area contributed by atoms with E-state index in [1.165, 1.54) is 12.1 Å². The van der Waals surface area contributed by atoms with Gasteiger partial charge in [-0.3, -0.25) is 0 Å².